The molecule has 1 atom stereocenters. The summed E-state index contributed by atoms with van der Waals surface area (Å²) in [5.74, 6) is 0.769. The third-order valence-corrected chi connectivity index (χ3v) is 6.55. The molecule has 1 aromatic heterocycles. The van der Waals surface area contributed by atoms with Crippen LogP contribution in [-0.4, -0.2) is 26.4 Å². The topological polar surface area (TPSA) is 90.1 Å². The quantitative estimate of drug-likeness (QED) is 0.346. The monoisotopic (exact) mass is 442 g/mol. The van der Waals surface area contributed by atoms with Gasteiger partial charge in [-0.1, -0.05) is 60.7 Å². The summed E-state index contributed by atoms with van der Waals surface area (Å²) in [5.41, 5.74) is 4.32. The number of thioether (sulfide) groups is 1. The highest BCUT2D eigenvalue weighted by Crippen LogP contribution is 2.46. The van der Waals surface area contributed by atoms with Gasteiger partial charge in [-0.15, -0.1) is 11.8 Å². The Kier molecular flexibility index (Phi) is 5.20. The molecular weight excluding hydrogens is 424 g/mol. The Morgan fingerprint density at radius 3 is 2.28 bits per heavy atom. The Bertz CT molecular complexity index is 1290. The lowest BCUT2D eigenvalue weighted by Gasteiger charge is -2.16. The number of hydrogen-bond acceptors (Lipinski definition) is 5. The second-order valence-electron chi connectivity index (χ2n) is 7.31. The molecule has 4 aromatic rings. The summed E-state index contributed by atoms with van der Waals surface area (Å²) in [5, 5.41) is 18.8. The van der Waals surface area contributed by atoms with E-state index in [1.807, 2.05) is 60.7 Å². The molecule has 158 valence electrons. The van der Waals surface area contributed by atoms with Gasteiger partial charge in [0.1, 0.15) is 5.82 Å². The average molecular weight is 443 g/mol. The lowest BCUT2D eigenvalue weighted by Crippen LogP contribution is -2.15. The van der Waals surface area contributed by atoms with E-state index in [-0.39, 0.29) is 22.6 Å². The predicted molar refractivity (Wildman–Crippen MR) is 125 cm³/mol. The van der Waals surface area contributed by atoms with Gasteiger partial charge in [-0.25, -0.2) is 4.68 Å². The molecule has 0 saturated heterocycles. The highest BCUT2D eigenvalue weighted by Gasteiger charge is 2.32. The van der Waals surface area contributed by atoms with Crippen LogP contribution in [0.15, 0.2) is 84.9 Å². The van der Waals surface area contributed by atoms with Gasteiger partial charge in [-0.2, -0.15) is 5.10 Å². The molecular formula is C24H18N4O3S. The number of nitrogens with one attached hydrogen (secondary N) is 1. The van der Waals surface area contributed by atoms with Crippen molar-refractivity contribution in [2.24, 2.45) is 0 Å². The second-order valence-corrected chi connectivity index (χ2v) is 8.41. The zero-order valence-corrected chi connectivity index (χ0v) is 17.7. The minimum absolute atomic E-state index is 0.0325. The number of anilines is 1. The van der Waals surface area contributed by atoms with Crippen LogP contribution in [0.1, 0.15) is 16.4 Å². The van der Waals surface area contributed by atoms with Crippen molar-refractivity contribution in [2.75, 3.05) is 11.1 Å². The predicted octanol–water partition coefficient (Wildman–Crippen LogP) is 5.22. The van der Waals surface area contributed by atoms with Gasteiger partial charge in [0.05, 0.1) is 27.3 Å². The van der Waals surface area contributed by atoms with E-state index in [0.717, 1.165) is 28.1 Å². The lowest BCUT2D eigenvalue weighted by molar-refractivity contribution is -0.384. The molecule has 0 aliphatic carbocycles. The number of amides is 1. The van der Waals surface area contributed by atoms with Gasteiger partial charge in [-0.3, -0.25) is 14.9 Å². The molecule has 3 aromatic carbocycles. The molecule has 1 aliphatic heterocycles. The fourth-order valence-corrected chi connectivity index (χ4v) is 4.94. The van der Waals surface area contributed by atoms with Crippen molar-refractivity contribution in [3.8, 4) is 16.9 Å². The average Bonchev–Trinajstić information content (AvgIpc) is 3.10. The minimum atomic E-state index is -0.413. The van der Waals surface area contributed by atoms with E-state index < -0.39 is 4.92 Å². The molecule has 8 heteroatoms. The number of para-hydroxylation sites is 1. The lowest BCUT2D eigenvalue weighted by atomic mass is 9.99. The zero-order chi connectivity index (χ0) is 22.1. The molecule has 5 rings (SSSR count). The fraction of sp³-hybridized carbons (Fsp3) is 0.0833. The Hall–Kier alpha value is -3.91. The van der Waals surface area contributed by atoms with Gasteiger partial charge >= 0.3 is 0 Å². The Morgan fingerprint density at radius 1 is 0.969 bits per heavy atom. The van der Waals surface area contributed by atoms with Gasteiger partial charge < -0.3 is 5.32 Å². The van der Waals surface area contributed by atoms with Crippen molar-refractivity contribution < 1.29 is 9.72 Å². The van der Waals surface area contributed by atoms with Crippen LogP contribution >= 0.6 is 11.8 Å². The summed E-state index contributed by atoms with van der Waals surface area (Å²) >= 11 is 1.48. The summed E-state index contributed by atoms with van der Waals surface area (Å²) < 4.78 is 1.76. The minimum Gasteiger partial charge on any atom is -0.310 e. The molecule has 1 N–H and O–H groups in total. The van der Waals surface area contributed by atoms with Crippen molar-refractivity contribution in [2.45, 2.75) is 5.25 Å². The Labute approximate surface area is 188 Å². The van der Waals surface area contributed by atoms with Crippen LogP contribution in [0.4, 0.5) is 11.5 Å². The SMILES string of the molecule is O=C1CS[C@H](c2ccc([N+](=O)[O-])cc2)c2c(-c3ccccc3)nn(-c3ccccc3)c2N1. The number of non-ortho nitro benzene ring substituents is 1. The third kappa shape index (κ3) is 3.65. The number of nitro groups is 1. The van der Waals surface area contributed by atoms with E-state index in [4.69, 9.17) is 5.10 Å². The van der Waals surface area contributed by atoms with Crippen LogP contribution < -0.4 is 5.32 Å². The second kappa shape index (κ2) is 8.32. The van der Waals surface area contributed by atoms with Crippen LogP contribution in [0.25, 0.3) is 16.9 Å². The number of aromatic nitrogens is 2. The molecule has 0 saturated carbocycles. The summed E-state index contributed by atoms with van der Waals surface area (Å²) in [6.45, 7) is 0. The molecule has 7 nitrogen and oxygen atoms in total. The normalized spacial score (nSPS) is 15.5. The maximum Gasteiger partial charge on any atom is 0.269 e. The van der Waals surface area contributed by atoms with Crippen LogP contribution in [0, 0.1) is 10.1 Å². The van der Waals surface area contributed by atoms with Gasteiger partial charge in [0, 0.05) is 23.3 Å². The van der Waals surface area contributed by atoms with E-state index in [2.05, 4.69) is 5.32 Å². The molecule has 0 radical (unpaired) electrons. The molecule has 2 heterocycles. The van der Waals surface area contributed by atoms with Crippen LogP contribution in [0.3, 0.4) is 0 Å². The zero-order valence-electron chi connectivity index (χ0n) is 16.8. The van der Waals surface area contributed by atoms with E-state index in [0.29, 0.717) is 5.82 Å². The van der Waals surface area contributed by atoms with Gasteiger partial charge in [0.15, 0.2) is 0 Å². The maximum absolute atomic E-state index is 12.6. The Balaban J connectivity index is 1.74. The first-order chi connectivity index (χ1) is 15.6. The summed E-state index contributed by atoms with van der Waals surface area (Å²) in [6.07, 6.45) is 0. The number of carbonyl (C=O) groups is 1. The number of rotatable bonds is 4. The first-order valence-corrected chi connectivity index (χ1v) is 11.1. The fourth-order valence-electron chi connectivity index (χ4n) is 3.81. The van der Waals surface area contributed by atoms with E-state index in [9.17, 15) is 14.9 Å². The van der Waals surface area contributed by atoms with E-state index >= 15 is 0 Å². The van der Waals surface area contributed by atoms with Gasteiger partial charge in [0.2, 0.25) is 5.91 Å². The first kappa shape index (κ1) is 20.0. The van der Waals surface area contributed by atoms with E-state index in [1.165, 1.54) is 23.9 Å². The molecule has 1 aliphatic rings. The number of hydrogen-bond donors (Lipinski definition) is 1. The number of nitro benzene ring substituents is 1. The van der Waals surface area contributed by atoms with E-state index in [1.54, 1.807) is 16.8 Å². The summed E-state index contributed by atoms with van der Waals surface area (Å²) in [7, 11) is 0. The smallest absolute Gasteiger partial charge is 0.269 e. The van der Waals surface area contributed by atoms with Crippen molar-refractivity contribution in [3.05, 3.63) is 106 Å². The number of benzene rings is 3. The van der Waals surface area contributed by atoms with Crippen LogP contribution in [0.2, 0.25) is 0 Å². The van der Waals surface area contributed by atoms with Gasteiger partial charge in [0.25, 0.3) is 5.69 Å². The largest absolute Gasteiger partial charge is 0.310 e. The number of fused-ring (bicyclic) bond motifs is 1. The standard InChI is InChI=1S/C24H18N4O3S/c29-20-15-32-23(17-11-13-19(14-12-17)28(30)31)21-22(16-7-3-1-4-8-16)26-27(24(21)25-20)18-9-5-2-6-10-18/h1-14,23H,15H2,(H,25,29)/t23-/m1/s1. The molecule has 0 fully saturated rings. The first-order valence-electron chi connectivity index (χ1n) is 10.0. The number of carbonyl (C=O) groups excluding carboxylic acids is 1. The summed E-state index contributed by atoms with van der Waals surface area (Å²) in [4.78, 5) is 23.3. The highest BCUT2D eigenvalue weighted by atomic mass is 32.2. The molecule has 0 spiro atoms. The third-order valence-electron chi connectivity index (χ3n) is 5.28. The molecule has 0 bridgehead atoms. The molecule has 32 heavy (non-hydrogen) atoms. The number of nitrogens with zero attached hydrogens (tertiary/aromatic N) is 3. The molecule has 1 amide bonds. The van der Waals surface area contributed by atoms with Crippen molar-refractivity contribution in [3.63, 3.8) is 0 Å². The maximum atomic E-state index is 12.6. The Morgan fingerprint density at radius 2 is 1.62 bits per heavy atom. The van der Waals surface area contributed by atoms with Crippen LogP contribution in [-0.2, 0) is 4.79 Å². The van der Waals surface area contributed by atoms with Crippen LogP contribution in [0.5, 0.6) is 0 Å². The summed E-state index contributed by atoms with van der Waals surface area (Å²) in [6, 6.07) is 26.0. The van der Waals surface area contributed by atoms with Crippen molar-refractivity contribution in [1.82, 2.24) is 9.78 Å². The van der Waals surface area contributed by atoms with Crippen molar-refractivity contribution in [1.29, 1.82) is 0 Å². The highest BCUT2D eigenvalue weighted by molar-refractivity contribution is 8.00. The van der Waals surface area contributed by atoms with Gasteiger partial charge in [-0.05, 0) is 17.7 Å². The van der Waals surface area contributed by atoms with Crippen molar-refractivity contribution >= 4 is 29.2 Å². The molecule has 0 unspecified atom stereocenters.